The lowest BCUT2D eigenvalue weighted by molar-refractivity contribution is 0.383. The van der Waals surface area contributed by atoms with Gasteiger partial charge >= 0.3 is 0 Å². The fourth-order valence-electron chi connectivity index (χ4n) is 1.56. The van der Waals surface area contributed by atoms with Gasteiger partial charge < -0.3 is 9.84 Å². The second-order valence-electron chi connectivity index (χ2n) is 3.59. The van der Waals surface area contributed by atoms with E-state index in [1.165, 1.54) is 4.88 Å². The van der Waals surface area contributed by atoms with Crippen molar-refractivity contribution in [3.05, 3.63) is 34.1 Å². The number of hydrogen-bond acceptors (Lipinski definition) is 5. The molecule has 0 spiro atoms. The smallest absolute Gasteiger partial charge is 0.223 e. The Labute approximate surface area is 98.7 Å². The van der Waals surface area contributed by atoms with Gasteiger partial charge in [0, 0.05) is 17.8 Å². The summed E-state index contributed by atoms with van der Waals surface area (Å²) in [7, 11) is 0. The van der Waals surface area contributed by atoms with Crippen LogP contribution in [0.5, 0.6) is 0 Å². The predicted octanol–water partition coefficient (Wildman–Crippen LogP) is 2.68. The third-order valence-electron chi connectivity index (χ3n) is 2.37. The summed E-state index contributed by atoms with van der Waals surface area (Å²) in [5.74, 6) is 1.33. The standard InChI is InChI=1S/C11H15N3OS/c1-3-9(10-5-4-6-16-10)12-7-11-13-8(2)15-14-11/h4-6,9,12H,3,7H2,1-2H3. The molecule has 1 atom stereocenters. The van der Waals surface area contributed by atoms with Crippen LogP contribution in [0.2, 0.25) is 0 Å². The lowest BCUT2D eigenvalue weighted by atomic mass is 10.2. The zero-order valence-corrected chi connectivity index (χ0v) is 10.3. The minimum atomic E-state index is 0.374. The normalized spacial score (nSPS) is 12.9. The Bertz CT molecular complexity index is 424. The molecule has 0 bridgehead atoms. The van der Waals surface area contributed by atoms with E-state index in [1.807, 2.05) is 0 Å². The molecule has 86 valence electrons. The van der Waals surface area contributed by atoms with Crippen LogP contribution in [0.25, 0.3) is 0 Å². The maximum Gasteiger partial charge on any atom is 0.223 e. The SMILES string of the molecule is CCC(NCc1noc(C)n1)c1cccs1. The summed E-state index contributed by atoms with van der Waals surface area (Å²) in [4.78, 5) is 5.51. The summed E-state index contributed by atoms with van der Waals surface area (Å²) in [5, 5.41) is 9.38. The molecular weight excluding hydrogens is 222 g/mol. The average molecular weight is 237 g/mol. The molecule has 1 N–H and O–H groups in total. The average Bonchev–Trinajstić information content (AvgIpc) is 2.91. The predicted molar refractivity (Wildman–Crippen MR) is 63.2 cm³/mol. The number of aromatic nitrogens is 2. The molecule has 0 aliphatic carbocycles. The maximum atomic E-state index is 4.92. The first-order chi connectivity index (χ1) is 7.79. The highest BCUT2D eigenvalue weighted by molar-refractivity contribution is 7.10. The fourth-order valence-corrected chi connectivity index (χ4v) is 2.45. The van der Waals surface area contributed by atoms with E-state index >= 15 is 0 Å². The minimum absolute atomic E-state index is 0.374. The lowest BCUT2D eigenvalue weighted by Crippen LogP contribution is -2.20. The van der Waals surface area contributed by atoms with Crippen molar-refractivity contribution in [3.8, 4) is 0 Å². The molecular formula is C11H15N3OS. The minimum Gasteiger partial charge on any atom is -0.340 e. The summed E-state index contributed by atoms with van der Waals surface area (Å²) in [5.41, 5.74) is 0. The molecule has 0 aliphatic rings. The van der Waals surface area contributed by atoms with Crippen LogP contribution in [0.3, 0.4) is 0 Å². The topological polar surface area (TPSA) is 51.0 Å². The molecule has 2 aromatic rings. The number of hydrogen-bond donors (Lipinski definition) is 1. The Hall–Kier alpha value is -1.20. The molecule has 1 unspecified atom stereocenters. The molecule has 0 saturated heterocycles. The van der Waals surface area contributed by atoms with Crippen molar-refractivity contribution < 1.29 is 4.52 Å². The van der Waals surface area contributed by atoms with Crippen LogP contribution in [0.1, 0.15) is 36.0 Å². The van der Waals surface area contributed by atoms with Crippen LogP contribution in [0.4, 0.5) is 0 Å². The van der Waals surface area contributed by atoms with E-state index in [9.17, 15) is 0 Å². The summed E-state index contributed by atoms with van der Waals surface area (Å²) in [6.45, 7) is 4.61. The van der Waals surface area contributed by atoms with Crippen LogP contribution in [-0.2, 0) is 6.54 Å². The summed E-state index contributed by atoms with van der Waals surface area (Å²) in [6.07, 6.45) is 1.05. The van der Waals surface area contributed by atoms with Crippen molar-refractivity contribution in [3.63, 3.8) is 0 Å². The van der Waals surface area contributed by atoms with Gasteiger partial charge in [0.25, 0.3) is 0 Å². The van der Waals surface area contributed by atoms with Crippen LogP contribution in [0.15, 0.2) is 22.0 Å². The van der Waals surface area contributed by atoms with Crippen molar-refractivity contribution in [1.29, 1.82) is 0 Å². The molecule has 2 aromatic heterocycles. The van der Waals surface area contributed by atoms with E-state index in [2.05, 4.69) is 39.9 Å². The van der Waals surface area contributed by atoms with Gasteiger partial charge in [-0.3, -0.25) is 0 Å². The number of nitrogens with zero attached hydrogens (tertiary/aromatic N) is 2. The van der Waals surface area contributed by atoms with E-state index < -0.39 is 0 Å². The second-order valence-corrected chi connectivity index (χ2v) is 4.57. The molecule has 2 heterocycles. The Morgan fingerprint density at radius 1 is 1.56 bits per heavy atom. The molecule has 0 aromatic carbocycles. The van der Waals surface area contributed by atoms with Crippen LogP contribution in [-0.4, -0.2) is 10.1 Å². The summed E-state index contributed by atoms with van der Waals surface area (Å²) < 4.78 is 4.92. The Balaban J connectivity index is 1.93. The Kier molecular flexibility index (Phi) is 3.69. The lowest BCUT2D eigenvalue weighted by Gasteiger charge is -2.13. The highest BCUT2D eigenvalue weighted by atomic mass is 32.1. The highest BCUT2D eigenvalue weighted by Crippen LogP contribution is 2.21. The van der Waals surface area contributed by atoms with Gasteiger partial charge in [-0.05, 0) is 17.9 Å². The first kappa shape index (κ1) is 11.3. The molecule has 16 heavy (non-hydrogen) atoms. The molecule has 4 nitrogen and oxygen atoms in total. The second kappa shape index (κ2) is 5.23. The Morgan fingerprint density at radius 3 is 3.00 bits per heavy atom. The van der Waals surface area contributed by atoms with Crippen molar-refractivity contribution in [1.82, 2.24) is 15.5 Å². The third-order valence-corrected chi connectivity index (χ3v) is 3.36. The van der Waals surface area contributed by atoms with Gasteiger partial charge in [-0.15, -0.1) is 11.3 Å². The van der Waals surface area contributed by atoms with Gasteiger partial charge in [0.2, 0.25) is 5.89 Å². The van der Waals surface area contributed by atoms with E-state index in [-0.39, 0.29) is 0 Å². The number of aryl methyl sites for hydroxylation is 1. The zero-order chi connectivity index (χ0) is 11.4. The van der Waals surface area contributed by atoms with Crippen LogP contribution < -0.4 is 5.32 Å². The molecule has 0 fully saturated rings. The fraction of sp³-hybridized carbons (Fsp3) is 0.455. The van der Waals surface area contributed by atoms with Gasteiger partial charge in [-0.25, -0.2) is 0 Å². The van der Waals surface area contributed by atoms with Gasteiger partial charge in [-0.1, -0.05) is 18.1 Å². The van der Waals surface area contributed by atoms with Crippen molar-refractivity contribution in [2.75, 3.05) is 0 Å². The van der Waals surface area contributed by atoms with Crippen LogP contribution in [0, 0.1) is 6.92 Å². The monoisotopic (exact) mass is 237 g/mol. The number of nitrogens with one attached hydrogen (secondary N) is 1. The largest absolute Gasteiger partial charge is 0.340 e. The zero-order valence-electron chi connectivity index (χ0n) is 9.43. The summed E-state index contributed by atoms with van der Waals surface area (Å²) >= 11 is 1.77. The molecule has 0 saturated carbocycles. The third kappa shape index (κ3) is 2.68. The molecule has 5 heteroatoms. The van der Waals surface area contributed by atoms with Gasteiger partial charge in [0.1, 0.15) is 0 Å². The van der Waals surface area contributed by atoms with E-state index in [0.717, 1.165) is 6.42 Å². The van der Waals surface area contributed by atoms with E-state index in [1.54, 1.807) is 18.3 Å². The first-order valence-electron chi connectivity index (χ1n) is 5.35. The molecule has 2 rings (SSSR count). The maximum absolute atomic E-state index is 4.92. The van der Waals surface area contributed by atoms with Crippen LogP contribution >= 0.6 is 11.3 Å². The van der Waals surface area contributed by atoms with Crippen molar-refractivity contribution in [2.24, 2.45) is 0 Å². The summed E-state index contributed by atoms with van der Waals surface area (Å²) in [6, 6.07) is 4.59. The van der Waals surface area contributed by atoms with Gasteiger partial charge in [0.05, 0.1) is 6.54 Å². The van der Waals surface area contributed by atoms with Crippen molar-refractivity contribution in [2.45, 2.75) is 32.9 Å². The van der Waals surface area contributed by atoms with E-state index in [4.69, 9.17) is 4.52 Å². The van der Waals surface area contributed by atoms with Gasteiger partial charge in [0.15, 0.2) is 5.82 Å². The number of thiophene rings is 1. The molecule has 0 amide bonds. The first-order valence-corrected chi connectivity index (χ1v) is 6.23. The van der Waals surface area contributed by atoms with Gasteiger partial charge in [-0.2, -0.15) is 4.98 Å². The number of rotatable bonds is 5. The Morgan fingerprint density at radius 2 is 2.44 bits per heavy atom. The van der Waals surface area contributed by atoms with E-state index in [0.29, 0.717) is 24.3 Å². The highest BCUT2D eigenvalue weighted by Gasteiger charge is 2.11. The molecule has 0 radical (unpaired) electrons. The quantitative estimate of drug-likeness (QED) is 0.868. The van der Waals surface area contributed by atoms with Crippen molar-refractivity contribution >= 4 is 11.3 Å². The molecule has 0 aliphatic heterocycles.